The molecule has 2 rings (SSSR count). The minimum absolute atomic E-state index is 0.271. The number of methoxy groups -OCH3 is 1. The van der Waals surface area contributed by atoms with Crippen LogP contribution in [0.5, 0.6) is 5.75 Å². The van der Waals surface area contributed by atoms with Gasteiger partial charge in [0.25, 0.3) is 5.91 Å². The first-order valence-corrected chi connectivity index (χ1v) is 7.00. The van der Waals surface area contributed by atoms with Gasteiger partial charge in [-0.15, -0.1) is 0 Å². The highest BCUT2D eigenvalue weighted by molar-refractivity contribution is 5.97. The molecule has 7 nitrogen and oxygen atoms in total. The third-order valence-corrected chi connectivity index (χ3v) is 3.18. The van der Waals surface area contributed by atoms with Crippen LogP contribution in [0.2, 0.25) is 0 Å². The Morgan fingerprint density at radius 2 is 2.00 bits per heavy atom. The van der Waals surface area contributed by atoms with Gasteiger partial charge in [0.05, 0.1) is 12.7 Å². The van der Waals surface area contributed by atoms with Crippen LogP contribution in [0, 0.1) is 13.8 Å². The fourth-order valence-corrected chi connectivity index (χ4v) is 1.88. The van der Waals surface area contributed by atoms with Crippen LogP contribution in [-0.2, 0) is 9.53 Å². The number of hydrogen-bond acceptors (Lipinski definition) is 6. The predicted octanol–water partition coefficient (Wildman–Crippen LogP) is 2.48. The molecule has 0 bridgehead atoms. The van der Waals surface area contributed by atoms with Crippen molar-refractivity contribution in [2.45, 2.75) is 26.9 Å². The minimum Gasteiger partial charge on any atom is -0.496 e. The van der Waals surface area contributed by atoms with Crippen LogP contribution in [0.1, 0.15) is 28.6 Å². The molecular weight excluding hydrogens is 300 g/mol. The quantitative estimate of drug-likeness (QED) is 0.852. The summed E-state index contributed by atoms with van der Waals surface area (Å²) in [5, 5.41) is 6.15. The third kappa shape index (κ3) is 4.09. The minimum atomic E-state index is -0.980. The fourth-order valence-electron chi connectivity index (χ4n) is 1.88. The van der Waals surface area contributed by atoms with Gasteiger partial charge in [-0.3, -0.25) is 4.79 Å². The van der Waals surface area contributed by atoms with Crippen molar-refractivity contribution in [1.29, 1.82) is 0 Å². The Labute approximate surface area is 133 Å². The Balaban J connectivity index is 2.00. The molecule has 0 aliphatic heterocycles. The number of carbonyl (C=O) groups excluding carboxylic acids is 2. The van der Waals surface area contributed by atoms with Crippen LogP contribution in [0.4, 0.5) is 5.82 Å². The van der Waals surface area contributed by atoms with E-state index in [2.05, 4.69) is 10.5 Å². The molecule has 0 radical (unpaired) electrons. The molecule has 0 spiro atoms. The molecule has 23 heavy (non-hydrogen) atoms. The maximum Gasteiger partial charge on any atom is 0.339 e. The first-order valence-electron chi connectivity index (χ1n) is 7.00. The highest BCUT2D eigenvalue weighted by Crippen LogP contribution is 2.20. The molecule has 1 aromatic heterocycles. The van der Waals surface area contributed by atoms with Gasteiger partial charge in [-0.2, -0.15) is 0 Å². The highest BCUT2D eigenvalue weighted by Gasteiger charge is 2.20. The van der Waals surface area contributed by atoms with E-state index >= 15 is 0 Å². The number of benzene rings is 1. The average molecular weight is 318 g/mol. The van der Waals surface area contributed by atoms with Crippen LogP contribution < -0.4 is 10.1 Å². The number of nitrogens with zero attached hydrogens (tertiary/aromatic N) is 1. The van der Waals surface area contributed by atoms with E-state index in [0.717, 1.165) is 5.56 Å². The smallest absolute Gasteiger partial charge is 0.339 e. The number of esters is 1. The van der Waals surface area contributed by atoms with Crippen molar-refractivity contribution < 1.29 is 23.6 Å². The summed E-state index contributed by atoms with van der Waals surface area (Å²) >= 11 is 0. The maximum absolute atomic E-state index is 12.1. The van der Waals surface area contributed by atoms with Crippen LogP contribution in [0.25, 0.3) is 0 Å². The molecule has 2 aromatic rings. The van der Waals surface area contributed by atoms with E-state index in [1.54, 1.807) is 31.2 Å². The van der Waals surface area contributed by atoms with Crippen LogP contribution in [0.3, 0.4) is 0 Å². The summed E-state index contributed by atoms with van der Waals surface area (Å²) in [7, 11) is 1.52. The number of hydrogen-bond donors (Lipinski definition) is 1. The van der Waals surface area contributed by atoms with Gasteiger partial charge in [0.2, 0.25) is 0 Å². The Morgan fingerprint density at radius 3 is 2.61 bits per heavy atom. The second kappa shape index (κ2) is 6.95. The Morgan fingerprint density at radius 1 is 1.26 bits per heavy atom. The molecule has 1 atom stereocenters. The Hall–Kier alpha value is -2.83. The highest BCUT2D eigenvalue weighted by atomic mass is 16.5. The SMILES string of the molecule is COc1cc(C(=O)O[C@@H](C)C(=O)Nc2cc(C)on2)ccc1C. The summed E-state index contributed by atoms with van der Waals surface area (Å²) in [6.07, 6.45) is -0.980. The van der Waals surface area contributed by atoms with Gasteiger partial charge in [-0.25, -0.2) is 4.79 Å². The molecular formula is C16H18N2O5. The average Bonchev–Trinajstić information content (AvgIpc) is 2.92. The van der Waals surface area contributed by atoms with Crippen LogP contribution in [-0.4, -0.2) is 30.2 Å². The van der Waals surface area contributed by atoms with E-state index in [0.29, 0.717) is 17.1 Å². The molecule has 0 aliphatic carbocycles. The van der Waals surface area contributed by atoms with E-state index in [-0.39, 0.29) is 5.82 Å². The standard InChI is InChI=1S/C16H18N2O5/c1-9-5-6-12(8-13(9)21-4)16(20)22-11(3)15(19)17-14-7-10(2)23-18-14/h5-8,11H,1-4H3,(H,17,18,19)/t11-/m0/s1. The molecule has 1 amide bonds. The summed E-state index contributed by atoms with van der Waals surface area (Å²) < 4.78 is 15.2. The second-order valence-corrected chi connectivity index (χ2v) is 5.04. The summed E-state index contributed by atoms with van der Waals surface area (Å²) in [5.41, 5.74) is 1.21. The normalized spacial score (nSPS) is 11.7. The molecule has 7 heteroatoms. The topological polar surface area (TPSA) is 90.7 Å². The number of rotatable bonds is 5. The molecule has 0 fully saturated rings. The summed E-state index contributed by atoms with van der Waals surface area (Å²) in [6, 6.07) is 6.50. The van der Waals surface area contributed by atoms with Gasteiger partial charge in [-0.05, 0) is 38.5 Å². The molecule has 122 valence electrons. The third-order valence-electron chi connectivity index (χ3n) is 3.18. The molecule has 0 saturated heterocycles. The van der Waals surface area contributed by atoms with Crippen molar-refractivity contribution in [3.63, 3.8) is 0 Å². The first-order chi connectivity index (χ1) is 10.9. The van der Waals surface area contributed by atoms with Gasteiger partial charge >= 0.3 is 5.97 Å². The number of amides is 1. The van der Waals surface area contributed by atoms with Crippen molar-refractivity contribution in [1.82, 2.24) is 5.16 Å². The molecule has 0 saturated carbocycles. The lowest BCUT2D eigenvalue weighted by atomic mass is 10.1. The van der Waals surface area contributed by atoms with Crippen LogP contribution >= 0.6 is 0 Å². The zero-order valence-corrected chi connectivity index (χ0v) is 13.4. The summed E-state index contributed by atoms with van der Waals surface area (Å²) in [6.45, 7) is 5.05. The largest absolute Gasteiger partial charge is 0.496 e. The van der Waals surface area contributed by atoms with Crippen molar-refractivity contribution >= 4 is 17.7 Å². The van der Waals surface area contributed by atoms with Crippen LogP contribution in [0.15, 0.2) is 28.8 Å². The van der Waals surface area contributed by atoms with Gasteiger partial charge in [0.15, 0.2) is 11.9 Å². The predicted molar refractivity (Wildman–Crippen MR) is 82.5 cm³/mol. The van der Waals surface area contributed by atoms with Crippen molar-refractivity contribution in [3.8, 4) is 5.75 Å². The number of aromatic nitrogens is 1. The second-order valence-electron chi connectivity index (χ2n) is 5.04. The van der Waals surface area contributed by atoms with E-state index in [1.165, 1.54) is 14.0 Å². The zero-order valence-electron chi connectivity index (χ0n) is 13.4. The van der Waals surface area contributed by atoms with E-state index in [9.17, 15) is 9.59 Å². The van der Waals surface area contributed by atoms with E-state index in [1.807, 2.05) is 6.92 Å². The number of nitrogens with one attached hydrogen (secondary N) is 1. The monoisotopic (exact) mass is 318 g/mol. The van der Waals surface area contributed by atoms with E-state index < -0.39 is 18.0 Å². The van der Waals surface area contributed by atoms with Gasteiger partial charge in [0.1, 0.15) is 11.5 Å². The number of anilines is 1. The zero-order chi connectivity index (χ0) is 17.0. The number of aryl methyl sites for hydroxylation is 2. The molecule has 1 aromatic carbocycles. The van der Waals surface area contributed by atoms with E-state index in [4.69, 9.17) is 14.0 Å². The molecule has 1 heterocycles. The van der Waals surface area contributed by atoms with Crippen molar-refractivity contribution in [3.05, 3.63) is 41.2 Å². The molecule has 0 aliphatic rings. The maximum atomic E-state index is 12.1. The fraction of sp³-hybridized carbons (Fsp3) is 0.312. The Bertz CT molecular complexity index is 723. The molecule has 1 N–H and O–H groups in total. The van der Waals surface area contributed by atoms with Crippen molar-refractivity contribution in [2.75, 3.05) is 12.4 Å². The summed E-state index contributed by atoms with van der Waals surface area (Å²) in [4.78, 5) is 24.1. The van der Waals surface area contributed by atoms with Gasteiger partial charge < -0.3 is 19.3 Å². The van der Waals surface area contributed by atoms with Crippen molar-refractivity contribution in [2.24, 2.45) is 0 Å². The van der Waals surface area contributed by atoms with Gasteiger partial charge in [0, 0.05) is 6.07 Å². The molecule has 0 unspecified atom stereocenters. The lowest BCUT2D eigenvalue weighted by Crippen LogP contribution is -2.30. The van der Waals surface area contributed by atoms with Gasteiger partial charge in [-0.1, -0.05) is 11.2 Å². The lowest BCUT2D eigenvalue weighted by molar-refractivity contribution is -0.123. The Kier molecular flexibility index (Phi) is 5.00. The first kappa shape index (κ1) is 16.5. The lowest BCUT2D eigenvalue weighted by Gasteiger charge is -2.13. The number of carbonyl (C=O) groups is 2. The number of ether oxygens (including phenoxy) is 2. The summed E-state index contributed by atoms with van der Waals surface area (Å²) in [5.74, 6) is 0.312.